The van der Waals surface area contributed by atoms with E-state index in [9.17, 15) is 4.79 Å². The maximum atomic E-state index is 12.0. The van der Waals surface area contributed by atoms with Crippen molar-refractivity contribution in [3.63, 3.8) is 0 Å². The molecule has 4 nitrogen and oxygen atoms in total. The summed E-state index contributed by atoms with van der Waals surface area (Å²) < 4.78 is 0. The van der Waals surface area contributed by atoms with Crippen LogP contribution in [0.4, 0.5) is 11.4 Å². The smallest absolute Gasteiger partial charge is 0.241 e. The molecular formula is C17H29N3O. The van der Waals surface area contributed by atoms with Gasteiger partial charge >= 0.3 is 0 Å². The number of amides is 1. The lowest BCUT2D eigenvalue weighted by Gasteiger charge is -2.27. The third-order valence-electron chi connectivity index (χ3n) is 3.64. The Kier molecular flexibility index (Phi) is 7.23. The predicted molar refractivity (Wildman–Crippen MR) is 90.7 cm³/mol. The van der Waals surface area contributed by atoms with Crippen molar-refractivity contribution in [3.8, 4) is 0 Å². The molecule has 4 heteroatoms. The molecule has 0 heterocycles. The van der Waals surface area contributed by atoms with Gasteiger partial charge < -0.3 is 16.0 Å². The van der Waals surface area contributed by atoms with Crippen LogP contribution in [0.25, 0.3) is 0 Å². The number of carbonyl (C=O) groups is 1. The van der Waals surface area contributed by atoms with Crippen LogP contribution < -0.4 is 16.0 Å². The molecule has 0 aliphatic heterocycles. The summed E-state index contributed by atoms with van der Waals surface area (Å²) >= 11 is 0. The maximum Gasteiger partial charge on any atom is 0.241 e. The summed E-state index contributed by atoms with van der Waals surface area (Å²) in [4.78, 5) is 14.3. The van der Waals surface area contributed by atoms with E-state index in [2.05, 4.69) is 37.9 Å². The largest absolute Gasteiger partial charge is 0.369 e. The predicted octanol–water partition coefficient (Wildman–Crippen LogP) is 3.38. The van der Waals surface area contributed by atoms with E-state index < -0.39 is 6.04 Å². The fourth-order valence-corrected chi connectivity index (χ4v) is 2.37. The first kappa shape index (κ1) is 17.5. The molecule has 0 aromatic heterocycles. The highest BCUT2D eigenvalue weighted by atomic mass is 16.2. The molecule has 0 aliphatic rings. The second-order valence-corrected chi connectivity index (χ2v) is 5.66. The molecule has 1 aromatic carbocycles. The molecular weight excluding hydrogens is 262 g/mol. The van der Waals surface area contributed by atoms with Gasteiger partial charge in [0.05, 0.1) is 6.04 Å². The van der Waals surface area contributed by atoms with Gasteiger partial charge in [0, 0.05) is 24.0 Å². The normalized spacial score (nSPS) is 12.3. The third kappa shape index (κ3) is 5.38. The number of hydrogen-bond acceptors (Lipinski definition) is 3. The van der Waals surface area contributed by atoms with Gasteiger partial charge in [-0.05, 0) is 51.5 Å². The minimum Gasteiger partial charge on any atom is -0.369 e. The highest BCUT2D eigenvalue weighted by Crippen LogP contribution is 2.20. The summed E-state index contributed by atoms with van der Waals surface area (Å²) in [5, 5.41) is 2.88. The fraction of sp³-hybridized carbons (Fsp3) is 0.588. The van der Waals surface area contributed by atoms with Crippen LogP contribution in [0.15, 0.2) is 24.3 Å². The fourth-order valence-electron chi connectivity index (χ4n) is 2.37. The minimum atomic E-state index is -0.424. The molecule has 0 radical (unpaired) electrons. The monoisotopic (exact) mass is 291 g/mol. The highest BCUT2D eigenvalue weighted by Gasteiger charge is 2.13. The number of nitrogens with two attached hydrogens (primary N) is 1. The Labute approximate surface area is 128 Å². The van der Waals surface area contributed by atoms with E-state index in [1.807, 2.05) is 24.3 Å². The zero-order chi connectivity index (χ0) is 15.8. The number of unbranched alkanes of at least 4 members (excludes halogenated alkanes) is 1. The minimum absolute atomic E-state index is 0.104. The van der Waals surface area contributed by atoms with Gasteiger partial charge in [-0.3, -0.25) is 4.79 Å². The number of hydrogen-bond donors (Lipinski definition) is 2. The molecule has 0 fully saturated rings. The van der Waals surface area contributed by atoms with E-state index >= 15 is 0 Å². The van der Waals surface area contributed by atoms with Crippen LogP contribution in [0.2, 0.25) is 0 Å². The summed E-state index contributed by atoms with van der Waals surface area (Å²) in [5.74, 6) is -0.104. The van der Waals surface area contributed by atoms with Crippen molar-refractivity contribution < 1.29 is 4.79 Å². The lowest BCUT2D eigenvalue weighted by molar-refractivity contribution is -0.117. The van der Waals surface area contributed by atoms with Gasteiger partial charge in [0.25, 0.3) is 0 Å². The number of anilines is 2. The van der Waals surface area contributed by atoms with Gasteiger partial charge in [0.1, 0.15) is 0 Å². The SMILES string of the molecule is CCCC[C@H](N)C(=O)Nc1ccc(N(CC)C(C)C)cc1. The van der Waals surface area contributed by atoms with Crippen LogP contribution in [-0.2, 0) is 4.79 Å². The Morgan fingerprint density at radius 3 is 2.33 bits per heavy atom. The van der Waals surface area contributed by atoms with Crippen molar-refractivity contribution in [3.05, 3.63) is 24.3 Å². The second kappa shape index (κ2) is 8.67. The highest BCUT2D eigenvalue weighted by molar-refractivity contribution is 5.94. The molecule has 0 saturated carbocycles. The van der Waals surface area contributed by atoms with E-state index in [-0.39, 0.29) is 5.91 Å². The van der Waals surface area contributed by atoms with Crippen molar-refractivity contribution in [2.24, 2.45) is 5.73 Å². The molecule has 118 valence electrons. The van der Waals surface area contributed by atoms with E-state index in [0.717, 1.165) is 31.5 Å². The summed E-state index contributed by atoms with van der Waals surface area (Å²) in [6.45, 7) is 9.54. The molecule has 1 amide bonds. The van der Waals surface area contributed by atoms with Crippen LogP contribution in [0.1, 0.15) is 47.0 Å². The molecule has 0 aliphatic carbocycles. The van der Waals surface area contributed by atoms with E-state index in [1.165, 1.54) is 5.69 Å². The lowest BCUT2D eigenvalue weighted by atomic mass is 10.1. The van der Waals surface area contributed by atoms with Gasteiger partial charge in [0.15, 0.2) is 0 Å². The molecule has 0 bridgehead atoms. The molecule has 3 N–H and O–H groups in total. The zero-order valence-electron chi connectivity index (χ0n) is 13.7. The Morgan fingerprint density at radius 2 is 1.86 bits per heavy atom. The van der Waals surface area contributed by atoms with E-state index in [4.69, 9.17) is 5.73 Å². The first-order valence-electron chi connectivity index (χ1n) is 7.92. The van der Waals surface area contributed by atoms with Gasteiger partial charge in [-0.1, -0.05) is 19.8 Å². The Morgan fingerprint density at radius 1 is 1.24 bits per heavy atom. The molecule has 0 saturated heterocycles. The number of rotatable bonds is 8. The Hall–Kier alpha value is -1.55. The molecule has 21 heavy (non-hydrogen) atoms. The zero-order valence-corrected chi connectivity index (χ0v) is 13.7. The van der Waals surface area contributed by atoms with Gasteiger partial charge in [0.2, 0.25) is 5.91 Å². The van der Waals surface area contributed by atoms with Gasteiger partial charge in [-0.2, -0.15) is 0 Å². The topological polar surface area (TPSA) is 58.4 Å². The number of nitrogens with zero attached hydrogens (tertiary/aromatic N) is 1. The van der Waals surface area contributed by atoms with Crippen molar-refractivity contribution in [1.29, 1.82) is 0 Å². The number of carbonyl (C=O) groups excluding carboxylic acids is 1. The standard InChI is InChI=1S/C17H29N3O/c1-5-7-8-16(18)17(21)19-14-9-11-15(12-10-14)20(6-2)13(3)4/h9-13,16H,5-8,18H2,1-4H3,(H,19,21)/t16-/m0/s1. The molecule has 1 rings (SSSR count). The number of nitrogens with one attached hydrogen (secondary N) is 1. The maximum absolute atomic E-state index is 12.0. The Bertz CT molecular complexity index is 428. The van der Waals surface area contributed by atoms with E-state index in [0.29, 0.717) is 6.04 Å². The second-order valence-electron chi connectivity index (χ2n) is 5.66. The van der Waals surface area contributed by atoms with E-state index in [1.54, 1.807) is 0 Å². The summed E-state index contributed by atoms with van der Waals surface area (Å²) in [6.07, 6.45) is 2.77. The van der Waals surface area contributed by atoms with Crippen LogP contribution in [0.5, 0.6) is 0 Å². The summed E-state index contributed by atoms with van der Waals surface area (Å²) in [6, 6.07) is 7.98. The van der Waals surface area contributed by atoms with Crippen molar-refractivity contribution in [2.75, 3.05) is 16.8 Å². The molecule has 0 unspecified atom stereocenters. The average molecular weight is 291 g/mol. The summed E-state index contributed by atoms with van der Waals surface area (Å²) in [5.41, 5.74) is 7.84. The summed E-state index contributed by atoms with van der Waals surface area (Å²) in [7, 11) is 0. The van der Waals surface area contributed by atoms with Crippen LogP contribution >= 0.6 is 0 Å². The van der Waals surface area contributed by atoms with Gasteiger partial charge in [-0.15, -0.1) is 0 Å². The quantitative estimate of drug-likeness (QED) is 0.772. The van der Waals surface area contributed by atoms with Crippen molar-refractivity contribution in [2.45, 2.75) is 59.0 Å². The van der Waals surface area contributed by atoms with Crippen LogP contribution in [0, 0.1) is 0 Å². The van der Waals surface area contributed by atoms with Crippen LogP contribution in [0.3, 0.4) is 0 Å². The first-order valence-corrected chi connectivity index (χ1v) is 7.92. The average Bonchev–Trinajstić information content (AvgIpc) is 2.46. The lowest BCUT2D eigenvalue weighted by Crippen LogP contribution is -2.35. The van der Waals surface area contributed by atoms with Crippen LogP contribution in [-0.4, -0.2) is 24.5 Å². The van der Waals surface area contributed by atoms with Gasteiger partial charge in [-0.25, -0.2) is 0 Å². The first-order chi connectivity index (χ1) is 9.99. The third-order valence-corrected chi connectivity index (χ3v) is 3.64. The molecule has 0 spiro atoms. The molecule has 1 atom stereocenters. The molecule has 1 aromatic rings. The Balaban J connectivity index is 2.64. The number of benzene rings is 1. The van der Waals surface area contributed by atoms with Crippen molar-refractivity contribution >= 4 is 17.3 Å². The van der Waals surface area contributed by atoms with Crippen molar-refractivity contribution in [1.82, 2.24) is 0 Å².